The number of piperidine rings is 1. The second-order valence-corrected chi connectivity index (χ2v) is 12.0. The highest BCUT2D eigenvalue weighted by Gasteiger charge is 2.38. The molecule has 1 aliphatic carbocycles. The predicted octanol–water partition coefficient (Wildman–Crippen LogP) is 4.55. The summed E-state index contributed by atoms with van der Waals surface area (Å²) in [4.78, 5) is 29.3. The standard InChI is InChI=1S/C30H37F2N9O2/c1-4-14-40-27(42)23-18-33-28(37-26(23)41(40)25-7-5-6-24(36-25)29(2,3)43)35-20-17-34-39(19-20)22-10-15-38(16-11-22)21-8-12-30(31,32)13-9-21/h4-7,17-19,21-22,43H,1,8-16H2,2-3H3,(H,33,35,37). The first-order valence-corrected chi connectivity index (χ1v) is 14.8. The average Bonchev–Trinajstić information content (AvgIpc) is 3.55. The number of fused-ring (bicyclic) bond motifs is 1. The molecule has 0 atom stereocenters. The Morgan fingerprint density at radius 2 is 1.86 bits per heavy atom. The smallest absolute Gasteiger partial charge is 0.278 e. The van der Waals surface area contributed by atoms with Gasteiger partial charge in [-0.25, -0.2) is 28.1 Å². The van der Waals surface area contributed by atoms with Crippen molar-refractivity contribution in [2.45, 2.75) is 82.5 Å². The molecule has 0 radical (unpaired) electrons. The molecule has 0 bridgehead atoms. The largest absolute Gasteiger partial charge is 0.384 e. The second-order valence-electron chi connectivity index (χ2n) is 12.0. The fourth-order valence-electron chi connectivity index (χ4n) is 6.13. The van der Waals surface area contributed by atoms with Crippen LogP contribution in [0.1, 0.15) is 64.1 Å². The van der Waals surface area contributed by atoms with Crippen LogP contribution in [0.5, 0.6) is 0 Å². The zero-order valence-corrected chi connectivity index (χ0v) is 24.5. The number of aromatic nitrogens is 7. The Kier molecular flexibility index (Phi) is 7.63. The molecule has 0 unspecified atom stereocenters. The number of nitrogens with zero attached hydrogens (tertiary/aromatic N) is 8. The van der Waals surface area contributed by atoms with E-state index in [-0.39, 0.29) is 37.0 Å². The van der Waals surface area contributed by atoms with Crippen molar-refractivity contribution in [2.75, 3.05) is 18.4 Å². The van der Waals surface area contributed by atoms with E-state index < -0.39 is 11.5 Å². The molecule has 1 saturated carbocycles. The summed E-state index contributed by atoms with van der Waals surface area (Å²) in [7, 11) is 0. The Labute approximate surface area is 247 Å². The molecule has 1 saturated heterocycles. The summed E-state index contributed by atoms with van der Waals surface area (Å²) in [5.41, 5.74) is 0.0746. The molecule has 228 valence electrons. The highest BCUT2D eigenvalue weighted by Crippen LogP contribution is 2.36. The van der Waals surface area contributed by atoms with Gasteiger partial charge in [-0.2, -0.15) is 10.1 Å². The van der Waals surface area contributed by atoms with Crippen molar-refractivity contribution < 1.29 is 13.9 Å². The Morgan fingerprint density at radius 1 is 1.12 bits per heavy atom. The van der Waals surface area contributed by atoms with Crippen molar-refractivity contribution in [2.24, 2.45) is 0 Å². The number of hydrogen-bond acceptors (Lipinski definition) is 8. The fraction of sp³-hybridized carbons (Fsp3) is 0.500. The van der Waals surface area contributed by atoms with E-state index in [0.717, 1.165) is 25.9 Å². The van der Waals surface area contributed by atoms with E-state index >= 15 is 0 Å². The van der Waals surface area contributed by atoms with Gasteiger partial charge in [-0.3, -0.25) is 9.48 Å². The average molecular weight is 594 g/mol. The van der Waals surface area contributed by atoms with Crippen molar-refractivity contribution in [1.82, 2.24) is 39.0 Å². The van der Waals surface area contributed by atoms with E-state index in [1.807, 2.05) is 10.9 Å². The third-order valence-corrected chi connectivity index (χ3v) is 8.49. The number of anilines is 2. The molecular weight excluding hydrogens is 556 g/mol. The van der Waals surface area contributed by atoms with Crippen LogP contribution in [0.2, 0.25) is 0 Å². The molecule has 43 heavy (non-hydrogen) atoms. The lowest BCUT2D eigenvalue weighted by Crippen LogP contribution is -2.45. The number of pyridine rings is 1. The van der Waals surface area contributed by atoms with Gasteiger partial charge in [-0.05, 0) is 51.7 Å². The first kappa shape index (κ1) is 29.1. The van der Waals surface area contributed by atoms with Crippen LogP contribution in [-0.2, 0) is 12.1 Å². The van der Waals surface area contributed by atoms with Gasteiger partial charge in [-0.1, -0.05) is 12.1 Å². The van der Waals surface area contributed by atoms with E-state index in [1.54, 1.807) is 49.0 Å². The normalized spacial score (nSPS) is 18.7. The molecule has 2 fully saturated rings. The lowest BCUT2D eigenvalue weighted by molar-refractivity contribution is -0.0566. The Bertz CT molecular complexity index is 1670. The third-order valence-electron chi connectivity index (χ3n) is 8.49. The van der Waals surface area contributed by atoms with E-state index in [1.165, 1.54) is 10.9 Å². The quantitative estimate of drug-likeness (QED) is 0.286. The molecule has 2 N–H and O–H groups in total. The van der Waals surface area contributed by atoms with Crippen molar-refractivity contribution in [3.8, 4) is 5.82 Å². The Hall–Kier alpha value is -3.97. The number of hydrogen-bond donors (Lipinski definition) is 2. The van der Waals surface area contributed by atoms with Gasteiger partial charge in [0.25, 0.3) is 5.56 Å². The molecule has 0 spiro atoms. The first-order valence-electron chi connectivity index (χ1n) is 14.8. The van der Waals surface area contributed by atoms with E-state index in [0.29, 0.717) is 47.0 Å². The number of rotatable bonds is 8. The SMILES string of the molecule is C=CCn1c(=O)c2cnc(Nc3cnn(C4CCN(C5CCC(F)(F)CC5)CC4)c3)nc2n1-c1cccc(C(C)(C)O)n1. The summed E-state index contributed by atoms with van der Waals surface area (Å²) in [5, 5.41) is 18.6. The van der Waals surface area contributed by atoms with Gasteiger partial charge < -0.3 is 15.3 Å². The highest BCUT2D eigenvalue weighted by molar-refractivity contribution is 5.77. The second kappa shape index (κ2) is 11.3. The minimum Gasteiger partial charge on any atom is -0.384 e. The number of allylic oxidation sites excluding steroid dienone is 1. The lowest BCUT2D eigenvalue weighted by Gasteiger charge is -2.40. The van der Waals surface area contributed by atoms with Crippen LogP contribution in [0.25, 0.3) is 16.9 Å². The predicted molar refractivity (Wildman–Crippen MR) is 159 cm³/mol. The van der Waals surface area contributed by atoms with E-state index in [4.69, 9.17) is 0 Å². The number of alkyl halides is 2. The van der Waals surface area contributed by atoms with Gasteiger partial charge >= 0.3 is 0 Å². The van der Waals surface area contributed by atoms with Crippen LogP contribution in [0.15, 0.2) is 54.2 Å². The van der Waals surface area contributed by atoms with Crippen LogP contribution in [0, 0.1) is 0 Å². The zero-order chi connectivity index (χ0) is 30.4. The summed E-state index contributed by atoms with van der Waals surface area (Å²) < 4.78 is 32.2. The molecule has 13 heteroatoms. The van der Waals surface area contributed by atoms with Gasteiger partial charge in [0, 0.05) is 44.4 Å². The monoisotopic (exact) mass is 593 g/mol. The maximum Gasteiger partial charge on any atom is 0.278 e. The Balaban J connectivity index is 1.20. The summed E-state index contributed by atoms with van der Waals surface area (Å²) in [6.07, 6.45) is 9.63. The summed E-state index contributed by atoms with van der Waals surface area (Å²) in [6.45, 7) is 9.05. The van der Waals surface area contributed by atoms with Gasteiger partial charge in [0.1, 0.15) is 11.0 Å². The zero-order valence-electron chi connectivity index (χ0n) is 24.5. The summed E-state index contributed by atoms with van der Waals surface area (Å²) >= 11 is 0. The molecular formula is C30H37F2N9O2. The third kappa shape index (κ3) is 5.96. The lowest BCUT2D eigenvalue weighted by atomic mass is 9.89. The van der Waals surface area contributed by atoms with E-state index in [2.05, 4.69) is 36.8 Å². The summed E-state index contributed by atoms with van der Waals surface area (Å²) in [5.74, 6) is -1.79. The summed E-state index contributed by atoms with van der Waals surface area (Å²) in [6, 6.07) is 5.71. The number of likely N-dealkylation sites (tertiary alicyclic amines) is 1. The van der Waals surface area contributed by atoms with Crippen LogP contribution in [-0.4, -0.2) is 69.2 Å². The van der Waals surface area contributed by atoms with Gasteiger partial charge in [0.2, 0.25) is 11.9 Å². The number of halogens is 2. The maximum atomic E-state index is 13.6. The van der Waals surface area contributed by atoms with Crippen LogP contribution >= 0.6 is 0 Å². The minimum absolute atomic E-state index is 0.0154. The first-order chi connectivity index (χ1) is 20.5. The van der Waals surface area contributed by atoms with Gasteiger partial charge in [-0.15, -0.1) is 6.58 Å². The van der Waals surface area contributed by atoms with Gasteiger partial charge in [0.05, 0.1) is 30.2 Å². The molecule has 6 rings (SSSR count). The van der Waals surface area contributed by atoms with Crippen LogP contribution in [0.4, 0.5) is 20.4 Å². The van der Waals surface area contributed by atoms with Crippen LogP contribution in [0.3, 0.4) is 0 Å². The van der Waals surface area contributed by atoms with Crippen molar-refractivity contribution in [3.63, 3.8) is 0 Å². The highest BCUT2D eigenvalue weighted by atomic mass is 19.3. The molecule has 5 heterocycles. The fourth-order valence-corrected chi connectivity index (χ4v) is 6.13. The van der Waals surface area contributed by atoms with Crippen LogP contribution < -0.4 is 10.9 Å². The number of nitrogens with one attached hydrogen (secondary N) is 1. The number of aliphatic hydroxyl groups is 1. The topological polar surface area (TPSA) is 119 Å². The van der Waals surface area contributed by atoms with E-state index in [9.17, 15) is 18.7 Å². The molecule has 4 aromatic rings. The molecule has 2 aliphatic rings. The molecule has 0 aromatic carbocycles. The van der Waals surface area contributed by atoms with Gasteiger partial charge in [0.15, 0.2) is 11.5 Å². The molecule has 1 aliphatic heterocycles. The minimum atomic E-state index is -2.51. The van der Waals surface area contributed by atoms with Crippen molar-refractivity contribution >= 4 is 22.7 Å². The maximum absolute atomic E-state index is 13.6. The molecule has 0 amide bonds. The van der Waals surface area contributed by atoms with Crippen molar-refractivity contribution in [3.05, 3.63) is 65.5 Å². The van der Waals surface area contributed by atoms with Crippen molar-refractivity contribution in [1.29, 1.82) is 0 Å². The Morgan fingerprint density at radius 3 is 2.56 bits per heavy atom. The molecule has 11 nitrogen and oxygen atoms in total. The molecule has 4 aromatic heterocycles.